The van der Waals surface area contributed by atoms with Crippen molar-refractivity contribution in [3.8, 4) is 0 Å². The summed E-state index contributed by atoms with van der Waals surface area (Å²) in [7, 11) is 0. The van der Waals surface area contributed by atoms with Gasteiger partial charge >= 0.3 is 0 Å². The topological polar surface area (TPSA) is 77.1 Å². The van der Waals surface area contributed by atoms with Gasteiger partial charge in [-0.2, -0.15) is 0 Å². The zero-order chi connectivity index (χ0) is 19.0. The Morgan fingerprint density at radius 3 is 2.78 bits per heavy atom. The van der Waals surface area contributed by atoms with Crippen LogP contribution in [0.5, 0.6) is 0 Å². The first-order chi connectivity index (χ1) is 13.0. The second-order valence-corrected chi connectivity index (χ2v) is 8.72. The fraction of sp³-hybridized carbons (Fsp3) is 0.700. The Balaban J connectivity index is 1.65. The molecule has 0 N–H and O–H groups in total. The summed E-state index contributed by atoms with van der Waals surface area (Å²) in [5.74, 6) is 2.43. The van der Waals surface area contributed by atoms with Gasteiger partial charge in [0.25, 0.3) is 5.91 Å². The second-order valence-electron chi connectivity index (χ2n) is 8.72. The number of rotatable bonds is 4. The molecule has 0 radical (unpaired) electrons. The number of hydrogen-bond donors (Lipinski definition) is 0. The Hall–Kier alpha value is -2.18. The van der Waals surface area contributed by atoms with Crippen LogP contribution in [0.15, 0.2) is 16.9 Å². The molecule has 27 heavy (non-hydrogen) atoms. The van der Waals surface area contributed by atoms with Gasteiger partial charge in [0.2, 0.25) is 0 Å². The monoisotopic (exact) mass is 371 g/mol. The van der Waals surface area contributed by atoms with Crippen molar-refractivity contribution in [2.24, 2.45) is 11.3 Å². The van der Waals surface area contributed by atoms with Crippen LogP contribution < -0.4 is 0 Å². The van der Waals surface area contributed by atoms with Crippen LogP contribution in [0.3, 0.4) is 0 Å². The van der Waals surface area contributed by atoms with Crippen LogP contribution in [0.2, 0.25) is 0 Å². The van der Waals surface area contributed by atoms with Crippen LogP contribution in [0.25, 0.3) is 0 Å². The van der Waals surface area contributed by atoms with Gasteiger partial charge < -0.3 is 14.0 Å². The van der Waals surface area contributed by atoms with Crippen molar-refractivity contribution in [2.75, 3.05) is 13.1 Å². The van der Waals surface area contributed by atoms with Crippen LogP contribution in [0, 0.1) is 18.3 Å². The van der Waals surface area contributed by atoms with Gasteiger partial charge in [-0.1, -0.05) is 38.3 Å². The number of amides is 1. The van der Waals surface area contributed by atoms with Gasteiger partial charge in [0, 0.05) is 31.6 Å². The average molecular weight is 371 g/mol. The van der Waals surface area contributed by atoms with Gasteiger partial charge in [-0.3, -0.25) is 4.79 Å². The molecule has 146 valence electrons. The summed E-state index contributed by atoms with van der Waals surface area (Å²) in [5.41, 5.74) is 0.511. The number of hydrogen-bond acceptors (Lipinski definition) is 5. The summed E-state index contributed by atoms with van der Waals surface area (Å²) < 4.78 is 7.31. The molecule has 1 atom stereocenters. The molecule has 1 aliphatic heterocycles. The van der Waals surface area contributed by atoms with Gasteiger partial charge in [0.05, 0.1) is 0 Å². The van der Waals surface area contributed by atoms with Crippen molar-refractivity contribution in [3.05, 3.63) is 29.7 Å². The molecule has 0 bridgehead atoms. The summed E-state index contributed by atoms with van der Waals surface area (Å²) in [6.45, 7) is 8.59. The minimum atomic E-state index is -0.0331. The summed E-state index contributed by atoms with van der Waals surface area (Å²) >= 11 is 0. The van der Waals surface area contributed by atoms with Crippen molar-refractivity contribution < 1.29 is 9.32 Å². The van der Waals surface area contributed by atoms with Crippen molar-refractivity contribution >= 4 is 5.91 Å². The predicted molar refractivity (Wildman–Crippen MR) is 100 cm³/mol. The number of nitrogens with zero attached hydrogens (tertiary/aromatic N) is 5. The highest BCUT2D eigenvalue weighted by atomic mass is 16.5. The van der Waals surface area contributed by atoms with Gasteiger partial charge in [-0.25, -0.2) is 0 Å². The molecule has 2 fully saturated rings. The molecule has 2 aromatic heterocycles. The number of aryl methyl sites for hydroxylation is 1. The van der Waals surface area contributed by atoms with E-state index in [-0.39, 0.29) is 17.2 Å². The summed E-state index contributed by atoms with van der Waals surface area (Å²) in [6.07, 6.45) is 7.86. The second kappa shape index (κ2) is 7.09. The molecule has 1 saturated heterocycles. The fourth-order valence-corrected chi connectivity index (χ4v) is 4.94. The van der Waals surface area contributed by atoms with Crippen LogP contribution in [-0.4, -0.2) is 43.8 Å². The third kappa shape index (κ3) is 3.39. The van der Waals surface area contributed by atoms with Gasteiger partial charge in [0.1, 0.15) is 17.9 Å². The summed E-state index contributed by atoms with van der Waals surface area (Å²) in [6, 6.07) is 1.73. The normalized spacial score (nSPS) is 22.1. The number of likely N-dealkylation sites (tertiary alicyclic amines) is 1. The van der Waals surface area contributed by atoms with Crippen LogP contribution >= 0.6 is 0 Å². The van der Waals surface area contributed by atoms with E-state index in [0.717, 1.165) is 31.8 Å². The van der Waals surface area contributed by atoms with E-state index in [1.807, 2.05) is 18.2 Å². The quantitative estimate of drug-likeness (QED) is 0.823. The van der Waals surface area contributed by atoms with Crippen molar-refractivity contribution in [3.63, 3.8) is 0 Å². The zero-order valence-electron chi connectivity index (χ0n) is 16.5. The smallest absolute Gasteiger partial charge is 0.276 e. The summed E-state index contributed by atoms with van der Waals surface area (Å²) in [5, 5.41) is 12.7. The third-order valence-corrected chi connectivity index (χ3v) is 6.15. The molecular formula is C20H29N5O2. The standard InChI is InChI=1S/C20H29N5O2/c1-14(2)10-25-13-21-22-18(25)16-11-24(12-20(16)7-5-4-6-8-20)19(26)17-9-15(3)27-23-17/h9,13-14,16H,4-8,10-12H2,1-3H3. The molecule has 3 heterocycles. The minimum Gasteiger partial charge on any atom is -0.361 e. The maximum Gasteiger partial charge on any atom is 0.276 e. The van der Waals surface area contributed by atoms with Crippen LogP contribution in [0.4, 0.5) is 0 Å². The van der Waals surface area contributed by atoms with E-state index in [4.69, 9.17) is 4.52 Å². The highest BCUT2D eigenvalue weighted by Gasteiger charge is 2.50. The lowest BCUT2D eigenvalue weighted by Crippen LogP contribution is -2.34. The molecule has 4 rings (SSSR count). The number of carbonyl (C=O) groups is 1. The SMILES string of the molecule is Cc1cc(C(=O)N2CC(c3nncn3CC(C)C)C3(CCCCC3)C2)no1. The first kappa shape index (κ1) is 18.2. The Morgan fingerprint density at radius 1 is 1.33 bits per heavy atom. The van der Waals surface area contributed by atoms with E-state index in [1.54, 1.807) is 6.07 Å². The van der Waals surface area contributed by atoms with E-state index in [2.05, 4.69) is 33.8 Å². The average Bonchev–Trinajstić information content (AvgIpc) is 3.34. The van der Waals surface area contributed by atoms with Gasteiger partial charge in [-0.15, -0.1) is 10.2 Å². The first-order valence-electron chi connectivity index (χ1n) is 10.1. The van der Waals surface area contributed by atoms with Crippen LogP contribution in [0.1, 0.15) is 73.9 Å². The molecule has 1 unspecified atom stereocenters. The van der Waals surface area contributed by atoms with E-state index >= 15 is 0 Å². The van der Waals surface area contributed by atoms with Crippen molar-refractivity contribution in [1.82, 2.24) is 24.8 Å². The Kier molecular flexibility index (Phi) is 4.78. The Morgan fingerprint density at radius 2 is 2.11 bits per heavy atom. The molecule has 2 aromatic rings. The molecule has 1 aliphatic carbocycles. The molecule has 0 aromatic carbocycles. The molecule has 1 saturated carbocycles. The van der Waals surface area contributed by atoms with E-state index in [0.29, 0.717) is 23.9 Å². The maximum atomic E-state index is 13.0. The summed E-state index contributed by atoms with van der Waals surface area (Å²) in [4.78, 5) is 15.0. The largest absolute Gasteiger partial charge is 0.361 e. The van der Waals surface area contributed by atoms with Crippen LogP contribution in [-0.2, 0) is 6.54 Å². The van der Waals surface area contributed by atoms with E-state index in [1.165, 1.54) is 19.3 Å². The lowest BCUT2D eigenvalue weighted by Gasteiger charge is -2.37. The van der Waals surface area contributed by atoms with E-state index < -0.39 is 0 Å². The lowest BCUT2D eigenvalue weighted by molar-refractivity contribution is 0.0748. The molecular weight excluding hydrogens is 342 g/mol. The Labute approximate surface area is 160 Å². The third-order valence-electron chi connectivity index (χ3n) is 6.15. The van der Waals surface area contributed by atoms with Gasteiger partial charge in [0.15, 0.2) is 5.69 Å². The number of aromatic nitrogens is 4. The fourth-order valence-electron chi connectivity index (χ4n) is 4.94. The van der Waals surface area contributed by atoms with Crippen molar-refractivity contribution in [2.45, 2.75) is 65.3 Å². The molecule has 7 heteroatoms. The highest BCUT2D eigenvalue weighted by molar-refractivity contribution is 5.92. The maximum absolute atomic E-state index is 13.0. The van der Waals surface area contributed by atoms with E-state index in [9.17, 15) is 4.79 Å². The highest BCUT2D eigenvalue weighted by Crippen LogP contribution is 2.51. The lowest BCUT2D eigenvalue weighted by atomic mass is 9.67. The molecule has 1 amide bonds. The molecule has 1 spiro atoms. The van der Waals surface area contributed by atoms with Crippen molar-refractivity contribution in [1.29, 1.82) is 0 Å². The predicted octanol–water partition coefficient (Wildman–Crippen LogP) is 3.42. The minimum absolute atomic E-state index is 0.0331. The molecule has 2 aliphatic rings. The number of carbonyl (C=O) groups excluding carboxylic acids is 1. The molecule has 7 nitrogen and oxygen atoms in total. The van der Waals surface area contributed by atoms with Gasteiger partial charge in [-0.05, 0) is 31.1 Å². The first-order valence-corrected chi connectivity index (χ1v) is 10.1. The Bertz CT molecular complexity index is 803. The zero-order valence-corrected chi connectivity index (χ0v) is 16.5.